The number of rotatable bonds is 3. The molecule has 0 bridgehead atoms. The van der Waals surface area contributed by atoms with Crippen LogP contribution < -0.4 is 10.6 Å². The summed E-state index contributed by atoms with van der Waals surface area (Å²) < 4.78 is 0. The van der Waals surface area contributed by atoms with E-state index in [-0.39, 0.29) is 23.8 Å². The minimum Gasteiger partial charge on any atom is -0.355 e. The Morgan fingerprint density at radius 3 is 2.75 bits per heavy atom. The van der Waals surface area contributed by atoms with Crippen LogP contribution in [0.3, 0.4) is 0 Å². The molecule has 1 saturated heterocycles. The topological polar surface area (TPSA) is 58.2 Å². The van der Waals surface area contributed by atoms with Crippen LogP contribution in [0.4, 0.5) is 0 Å². The van der Waals surface area contributed by atoms with Crippen LogP contribution in [0.15, 0.2) is 18.2 Å². The van der Waals surface area contributed by atoms with Gasteiger partial charge in [-0.15, -0.1) is 0 Å². The Morgan fingerprint density at radius 2 is 2.15 bits per heavy atom. The van der Waals surface area contributed by atoms with Crippen LogP contribution in [0.1, 0.15) is 42.5 Å². The lowest BCUT2D eigenvalue weighted by atomic mass is 9.96. The zero-order chi connectivity index (χ0) is 14.7. The molecule has 0 saturated carbocycles. The second-order valence-corrected chi connectivity index (χ2v) is 5.63. The lowest BCUT2D eigenvalue weighted by Crippen LogP contribution is -2.43. The lowest BCUT2D eigenvalue weighted by molar-refractivity contribution is -0.129. The molecular weight excluding hydrogens is 252 g/mol. The minimum atomic E-state index is -0.110. The molecular formula is C16H22N2O2. The Balaban J connectivity index is 1.98. The highest BCUT2D eigenvalue weighted by Crippen LogP contribution is 2.20. The molecule has 4 heteroatoms. The van der Waals surface area contributed by atoms with E-state index in [9.17, 15) is 9.59 Å². The van der Waals surface area contributed by atoms with Crippen molar-refractivity contribution in [1.29, 1.82) is 0 Å². The van der Waals surface area contributed by atoms with E-state index in [0.717, 1.165) is 5.56 Å². The SMILES string of the molecule is Cc1ccc(C(C)NC(=O)C2CCC(=O)NC2)c(C)c1. The van der Waals surface area contributed by atoms with E-state index in [0.29, 0.717) is 19.4 Å². The Morgan fingerprint density at radius 1 is 1.40 bits per heavy atom. The number of hydrogen-bond donors (Lipinski definition) is 2. The summed E-state index contributed by atoms with van der Waals surface area (Å²) >= 11 is 0. The fourth-order valence-corrected chi connectivity index (χ4v) is 2.68. The average Bonchev–Trinajstić information content (AvgIpc) is 2.39. The summed E-state index contributed by atoms with van der Waals surface area (Å²) in [7, 11) is 0. The third-order valence-corrected chi connectivity index (χ3v) is 3.89. The number of hydrogen-bond acceptors (Lipinski definition) is 2. The minimum absolute atomic E-state index is 0.0132. The van der Waals surface area contributed by atoms with E-state index in [1.54, 1.807) is 0 Å². The maximum Gasteiger partial charge on any atom is 0.225 e. The highest BCUT2D eigenvalue weighted by Gasteiger charge is 2.25. The van der Waals surface area contributed by atoms with E-state index < -0.39 is 0 Å². The number of aryl methyl sites for hydroxylation is 2. The van der Waals surface area contributed by atoms with Gasteiger partial charge < -0.3 is 10.6 Å². The van der Waals surface area contributed by atoms with Gasteiger partial charge in [0, 0.05) is 13.0 Å². The fourth-order valence-electron chi connectivity index (χ4n) is 2.68. The van der Waals surface area contributed by atoms with E-state index in [2.05, 4.69) is 42.7 Å². The van der Waals surface area contributed by atoms with Gasteiger partial charge >= 0.3 is 0 Å². The van der Waals surface area contributed by atoms with Gasteiger partial charge in [-0.05, 0) is 38.3 Å². The molecule has 0 radical (unpaired) electrons. The summed E-state index contributed by atoms with van der Waals surface area (Å²) in [5.41, 5.74) is 3.55. The highest BCUT2D eigenvalue weighted by molar-refractivity contribution is 5.83. The van der Waals surface area contributed by atoms with Gasteiger partial charge in [0.2, 0.25) is 11.8 Å². The maximum absolute atomic E-state index is 12.2. The molecule has 20 heavy (non-hydrogen) atoms. The van der Waals surface area contributed by atoms with Gasteiger partial charge in [-0.2, -0.15) is 0 Å². The smallest absolute Gasteiger partial charge is 0.225 e. The van der Waals surface area contributed by atoms with Crippen molar-refractivity contribution >= 4 is 11.8 Å². The molecule has 1 aliphatic heterocycles. The molecule has 1 heterocycles. The molecule has 4 nitrogen and oxygen atoms in total. The summed E-state index contributed by atoms with van der Waals surface area (Å²) in [6, 6.07) is 6.24. The maximum atomic E-state index is 12.2. The summed E-state index contributed by atoms with van der Waals surface area (Å²) in [6.45, 7) is 6.57. The number of benzene rings is 1. The van der Waals surface area contributed by atoms with Crippen LogP contribution in [0, 0.1) is 19.8 Å². The van der Waals surface area contributed by atoms with Gasteiger partial charge in [-0.3, -0.25) is 9.59 Å². The van der Waals surface area contributed by atoms with Crippen LogP contribution in [0.2, 0.25) is 0 Å². The molecule has 2 atom stereocenters. The summed E-state index contributed by atoms with van der Waals surface area (Å²) in [5, 5.41) is 5.80. The first-order chi connectivity index (χ1) is 9.47. The van der Waals surface area contributed by atoms with Crippen LogP contribution in [0.25, 0.3) is 0 Å². The van der Waals surface area contributed by atoms with Gasteiger partial charge in [0.15, 0.2) is 0 Å². The predicted molar refractivity (Wildman–Crippen MR) is 78.2 cm³/mol. The van der Waals surface area contributed by atoms with Crippen molar-refractivity contribution in [3.63, 3.8) is 0 Å². The van der Waals surface area contributed by atoms with E-state index in [1.165, 1.54) is 11.1 Å². The normalized spacial score (nSPS) is 20.1. The van der Waals surface area contributed by atoms with Crippen molar-refractivity contribution in [2.24, 2.45) is 5.92 Å². The van der Waals surface area contributed by atoms with Crippen molar-refractivity contribution in [3.05, 3.63) is 34.9 Å². The molecule has 1 fully saturated rings. The monoisotopic (exact) mass is 274 g/mol. The summed E-state index contributed by atoms with van der Waals surface area (Å²) in [5.74, 6) is -0.0464. The molecule has 2 rings (SSSR count). The molecule has 0 aliphatic carbocycles. The van der Waals surface area contributed by atoms with E-state index >= 15 is 0 Å². The number of piperidine rings is 1. The van der Waals surface area contributed by atoms with Crippen molar-refractivity contribution in [3.8, 4) is 0 Å². The first kappa shape index (κ1) is 14.6. The van der Waals surface area contributed by atoms with Crippen molar-refractivity contribution in [2.75, 3.05) is 6.54 Å². The van der Waals surface area contributed by atoms with Gasteiger partial charge in [-0.25, -0.2) is 0 Å². The Labute approximate surface area is 119 Å². The number of amides is 2. The fraction of sp³-hybridized carbons (Fsp3) is 0.500. The summed E-state index contributed by atoms with van der Waals surface area (Å²) in [6.07, 6.45) is 1.08. The van der Waals surface area contributed by atoms with E-state index in [4.69, 9.17) is 0 Å². The molecule has 0 spiro atoms. The van der Waals surface area contributed by atoms with Crippen LogP contribution >= 0.6 is 0 Å². The quantitative estimate of drug-likeness (QED) is 0.885. The van der Waals surface area contributed by atoms with Crippen molar-refractivity contribution in [1.82, 2.24) is 10.6 Å². The molecule has 1 aromatic rings. The van der Waals surface area contributed by atoms with Crippen LogP contribution in [-0.2, 0) is 9.59 Å². The zero-order valence-corrected chi connectivity index (χ0v) is 12.3. The number of nitrogens with one attached hydrogen (secondary N) is 2. The molecule has 108 valence electrons. The zero-order valence-electron chi connectivity index (χ0n) is 12.3. The van der Waals surface area contributed by atoms with Crippen LogP contribution in [0.5, 0.6) is 0 Å². The van der Waals surface area contributed by atoms with Gasteiger partial charge in [0.25, 0.3) is 0 Å². The molecule has 0 aromatic heterocycles. The second kappa shape index (κ2) is 6.07. The Kier molecular flexibility index (Phi) is 4.42. The average molecular weight is 274 g/mol. The largest absolute Gasteiger partial charge is 0.355 e. The lowest BCUT2D eigenvalue weighted by Gasteiger charge is -2.24. The summed E-state index contributed by atoms with van der Waals surface area (Å²) in [4.78, 5) is 23.3. The first-order valence-electron chi connectivity index (χ1n) is 7.11. The van der Waals surface area contributed by atoms with Gasteiger partial charge in [0.05, 0.1) is 12.0 Å². The second-order valence-electron chi connectivity index (χ2n) is 5.63. The van der Waals surface area contributed by atoms with E-state index in [1.807, 2.05) is 6.92 Å². The van der Waals surface area contributed by atoms with Crippen molar-refractivity contribution < 1.29 is 9.59 Å². The van der Waals surface area contributed by atoms with Gasteiger partial charge in [0.1, 0.15) is 0 Å². The third-order valence-electron chi connectivity index (χ3n) is 3.89. The number of carbonyl (C=O) groups is 2. The van der Waals surface area contributed by atoms with Crippen molar-refractivity contribution in [2.45, 2.75) is 39.7 Å². The first-order valence-corrected chi connectivity index (χ1v) is 7.11. The van der Waals surface area contributed by atoms with Gasteiger partial charge in [-0.1, -0.05) is 23.8 Å². The Bertz CT molecular complexity index is 515. The molecule has 1 aromatic carbocycles. The highest BCUT2D eigenvalue weighted by atomic mass is 16.2. The molecule has 2 N–H and O–H groups in total. The molecule has 2 amide bonds. The molecule has 2 unspecified atom stereocenters. The number of carbonyl (C=O) groups excluding carboxylic acids is 2. The predicted octanol–water partition coefficient (Wildman–Crippen LogP) is 2.01. The standard InChI is InChI=1S/C16H22N2O2/c1-10-4-6-14(11(2)8-10)12(3)18-16(20)13-5-7-15(19)17-9-13/h4,6,8,12-13H,5,7,9H2,1-3H3,(H,17,19)(H,18,20). The third kappa shape index (κ3) is 3.38. The molecule has 1 aliphatic rings. The Hall–Kier alpha value is -1.84. The van der Waals surface area contributed by atoms with Crippen LogP contribution in [-0.4, -0.2) is 18.4 Å².